The van der Waals surface area contributed by atoms with E-state index in [9.17, 15) is 19.6 Å². The number of nitrogens with zero attached hydrogens (tertiary/aromatic N) is 1. The van der Waals surface area contributed by atoms with Gasteiger partial charge in [0.05, 0.1) is 16.7 Å². The van der Waals surface area contributed by atoms with Crippen LogP contribution in [0.5, 0.6) is 0 Å². The standard InChI is InChI=1S/C17H17Cl2N3O4/c1-17(9-20,10-2-3-10)22-14(23)8-26-15(24)7-21-16(25)12-5-4-11(18)6-13(12)19/h4-6,10H,2-3,7-8H2,1H3,(H,21,25)(H,22,23)/t17-/m1/s1. The van der Waals surface area contributed by atoms with Gasteiger partial charge in [0.15, 0.2) is 6.61 Å². The molecule has 1 aromatic carbocycles. The van der Waals surface area contributed by atoms with Gasteiger partial charge in [0, 0.05) is 5.02 Å². The number of ether oxygens (including phenoxy) is 1. The van der Waals surface area contributed by atoms with E-state index in [1.807, 2.05) is 0 Å². The fourth-order valence-electron chi connectivity index (χ4n) is 2.33. The van der Waals surface area contributed by atoms with E-state index in [2.05, 4.69) is 16.7 Å². The fourth-order valence-corrected chi connectivity index (χ4v) is 2.82. The quantitative estimate of drug-likeness (QED) is 0.684. The minimum Gasteiger partial charge on any atom is -0.454 e. The predicted molar refractivity (Wildman–Crippen MR) is 94.6 cm³/mol. The van der Waals surface area contributed by atoms with Crippen molar-refractivity contribution in [3.05, 3.63) is 33.8 Å². The molecule has 0 radical (unpaired) electrons. The Morgan fingerprint density at radius 1 is 1.35 bits per heavy atom. The molecule has 1 atom stereocenters. The molecule has 0 heterocycles. The number of hydrogen-bond acceptors (Lipinski definition) is 5. The molecule has 1 aromatic rings. The Hall–Kier alpha value is -2.30. The van der Waals surface area contributed by atoms with Crippen LogP contribution in [0.15, 0.2) is 18.2 Å². The first kappa shape index (κ1) is 20.0. The van der Waals surface area contributed by atoms with Gasteiger partial charge in [-0.25, -0.2) is 0 Å². The van der Waals surface area contributed by atoms with Gasteiger partial charge in [-0.1, -0.05) is 23.2 Å². The lowest BCUT2D eigenvalue weighted by molar-refractivity contribution is -0.147. The Morgan fingerprint density at radius 2 is 2.04 bits per heavy atom. The van der Waals surface area contributed by atoms with Crippen LogP contribution >= 0.6 is 23.2 Å². The molecular formula is C17H17Cl2N3O4. The number of esters is 1. The molecule has 9 heteroatoms. The topological polar surface area (TPSA) is 108 Å². The van der Waals surface area contributed by atoms with E-state index < -0.39 is 36.5 Å². The molecule has 0 spiro atoms. The number of nitrogens with one attached hydrogen (secondary N) is 2. The van der Waals surface area contributed by atoms with Crippen LogP contribution in [0, 0.1) is 17.2 Å². The molecule has 7 nitrogen and oxygen atoms in total. The Morgan fingerprint density at radius 3 is 2.62 bits per heavy atom. The summed E-state index contributed by atoms with van der Waals surface area (Å²) in [4.78, 5) is 35.5. The predicted octanol–water partition coefficient (Wildman–Crippen LogP) is 2.07. The summed E-state index contributed by atoms with van der Waals surface area (Å²) >= 11 is 11.7. The molecule has 1 aliphatic carbocycles. The summed E-state index contributed by atoms with van der Waals surface area (Å²) in [5.74, 6) is -1.81. The van der Waals surface area contributed by atoms with E-state index in [0.29, 0.717) is 5.02 Å². The van der Waals surface area contributed by atoms with Crippen LogP contribution in [-0.2, 0) is 14.3 Å². The van der Waals surface area contributed by atoms with E-state index >= 15 is 0 Å². The third-order valence-electron chi connectivity index (χ3n) is 3.96. The monoisotopic (exact) mass is 397 g/mol. The largest absolute Gasteiger partial charge is 0.454 e. The lowest BCUT2D eigenvalue weighted by Gasteiger charge is -2.22. The van der Waals surface area contributed by atoms with Gasteiger partial charge in [-0.15, -0.1) is 0 Å². The summed E-state index contributed by atoms with van der Waals surface area (Å²) in [5.41, 5.74) is -0.793. The van der Waals surface area contributed by atoms with Gasteiger partial charge in [0.1, 0.15) is 12.1 Å². The SMILES string of the molecule is C[C@](C#N)(NC(=O)COC(=O)CNC(=O)c1ccc(Cl)cc1Cl)C1CC1. The number of amides is 2. The number of halogens is 2. The second-order valence-corrected chi connectivity index (χ2v) is 6.95. The minimum atomic E-state index is -0.955. The molecule has 0 saturated heterocycles. The number of hydrogen-bond donors (Lipinski definition) is 2. The zero-order valence-corrected chi connectivity index (χ0v) is 15.5. The fraction of sp³-hybridized carbons (Fsp3) is 0.412. The van der Waals surface area contributed by atoms with Crippen molar-refractivity contribution < 1.29 is 19.1 Å². The Labute approximate surface area is 160 Å². The minimum absolute atomic E-state index is 0.121. The lowest BCUT2D eigenvalue weighted by Crippen LogP contribution is -2.48. The summed E-state index contributed by atoms with van der Waals surface area (Å²) in [6.45, 7) is 0.685. The molecule has 0 aromatic heterocycles. The molecule has 2 amide bonds. The smallest absolute Gasteiger partial charge is 0.325 e. The van der Waals surface area contributed by atoms with Crippen LogP contribution in [0.1, 0.15) is 30.1 Å². The number of carbonyl (C=O) groups is 3. The summed E-state index contributed by atoms with van der Waals surface area (Å²) in [6.07, 6.45) is 1.76. The Kier molecular flexibility index (Phi) is 6.46. The highest BCUT2D eigenvalue weighted by Gasteiger charge is 2.43. The van der Waals surface area contributed by atoms with E-state index in [-0.39, 0.29) is 16.5 Å². The molecule has 138 valence electrons. The van der Waals surface area contributed by atoms with Crippen molar-refractivity contribution in [3.8, 4) is 6.07 Å². The molecular weight excluding hydrogens is 381 g/mol. The normalized spacial score (nSPS) is 15.3. The molecule has 1 saturated carbocycles. The van der Waals surface area contributed by atoms with Crippen LogP contribution in [-0.4, -0.2) is 36.5 Å². The van der Waals surface area contributed by atoms with Crippen molar-refractivity contribution in [1.29, 1.82) is 5.26 Å². The third-order valence-corrected chi connectivity index (χ3v) is 4.51. The molecule has 2 rings (SSSR count). The molecule has 1 aliphatic rings. The van der Waals surface area contributed by atoms with Gasteiger partial charge in [-0.05, 0) is 43.9 Å². The molecule has 2 N–H and O–H groups in total. The third kappa shape index (κ3) is 5.35. The summed E-state index contributed by atoms with van der Waals surface area (Å²) in [7, 11) is 0. The second kappa shape index (κ2) is 8.39. The maximum absolute atomic E-state index is 12.0. The summed E-state index contributed by atoms with van der Waals surface area (Å²) in [6, 6.07) is 6.41. The molecule has 26 heavy (non-hydrogen) atoms. The lowest BCUT2D eigenvalue weighted by atomic mass is 9.98. The van der Waals surface area contributed by atoms with Crippen molar-refractivity contribution in [3.63, 3.8) is 0 Å². The van der Waals surface area contributed by atoms with Crippen LogP contribution in [0.4, 0.5) is 0 Å². The van der Waals surface area contributed by atoms with Gasteiger partial charge >= 0.3 is 5.97 Å². The Balaban J connectivity index is 1.75. The van der Waals surface area contributed by atoms with Gasteiger partial charge in [-0.3, -0.25) is 14.4 Å². The van der Waals surface area contributed by atoms with Crippen LogP contribution in [0.25, 0.3) is 0 Å². The van der Waals surface area contributed by atoms with Crippen molar-refractivity contribution in [2.24, 2.45) is 5.92 Å². The summed E-state index contributed by atoms with van der Waals surface area (Å²) in [5, 5.41) is 14.6. The first-order valence-corrected chi connectivity index (χ1v) is 8.62. The second-order valence-electron chi connectivity index (χ2n) is 6.10. The Bertz CT molecular complexity index is 774. The molecule has 0 unspecified atom stereocenters. The number of nitriles is 1. The van der Waals surface area contributed by atoms with E-state index in [1.165, 1.54) is 18.2 Å². The highest BCUT2D eigenvalue weighted by molar-refractivity contribution is 6.36. The van der Waals surface area contributed by atoms with Crippen LogP contribution in [0.2, 0.25) is 10.0 Å². The number of benzene rings is 1. The van der Waals surface area contributed by atoms with Crippen LogP contribution < -0.4 is 10.6 Å². The van der Waals surface area contributed by atoms with E-state index in [4.69, 9.17) is 27.9 Å². The van der Waals surface area contributed by atoms with Crippen LogP contribution in [0.3, 0.4) is 0 Å². The summed E-state index contributed by atoms with van der Waals surface area (Å²) < 4.78 is 4.80. The van der Waals surface area contributed by atoms with Crippen molar-refractivity contribution in [2.75, 3.05) is 13.2 Å². The number of rotatable bonds is 7. The van der Waals surface area contributed by atoms with Gasteiger partial charge < -0.3 is 15.4 Å². The maximum Gasteiger partial charge on any atom is 0.325 e. The maximum atomic E-state index is 12.0. The molecule has 0 bridgehead atoms. The average molecular weight is 398 g/mol. The van der Waals surface area contributed by atoms with Crippen molar-refractivity contribution >= 4 is 41.0 Å². The first-order chi connectivity index (χ1) is 12.2. The number of carbonyl (C=O) groups excluding carboxylic acids is 3. The molecule has 0 aliphatic heterocycles. The highest BCUT2D eigenvalue weighted by atomic mass is 35.5. The zero-order chi connectivity index (χ0) is 19.3. The van der Waals surface area contributed by atoms with Gasteiger partial charge in [-0.2, -0.15) is 5.26 Å². The van der Waals surface area contributed by atoms with E-state index in [1.54, 1.807) is 6.92 Å². The first-order valence-electron chi connectivity index (χ1n) is 7.86. The zero-order valence-electron chi connectivity index (χ0n) is 14.0. The van der Waals surface area contributed by atoms with Gasteiger partial charge in [0.2, 0.25) is 0 Å². The van der Waals surface area contributed by atoms with Gasteiger partial charge in [0.25, 0.3) is 11.8 Å². The molecule has 1 fully saturated rings. The van der Waals surface area contributed by atoms with Crippen molar-refractivity contribution in [1.82, 2.24) is 10.6 Å². The van der Waals surface area contributed by atoms with Crippen molar-refractivity contribution in [2.45, 2.75) is 25.3 Å². The average Bonchev–Trinajstić information content (AvgIpc) is 3.43. The highest BCUT2D eigenvalue weighted by Crippen LogP contribution is 2.39. The van der Waals surface area contributed by atoms with E-state index in [0.717, 1.165) is 12.8 Å².